The Hall–Kier alpha value is -3.08. The van der Waals surface area contributed by atoms with Crippen LogP contribution in [0.3, 0.4) is 0 Å². The number of nitro benzene ring substituents is 1. The molecule has 22 heavy (non-hydrogen) atoms. The van der Waals surface area contributed by atoms with Crippen molar-refractivity contribution in [2.75, 3.05) is 13.1 Å². The lowest BCUT2D eigenvalue weighted by atomic mass is 10.1. The first-order valence-corrected chi connectivity index (χ1v) is 6.47. The molecule has 0 atom stereocenters. The topological polar surface area (TPSA) is 128 Å². The van der Waals surface area contributed by atoms with E-state index in [9.17, 15) is 25.1 Å². The average Bonchev–Trinajstić information content (AvgIpc) is 2.48. The lowest BCUT2D eigenvalue weighted by Gasteiger charge is -2.17. The maximum absolute atomic E-state index is 12.1. The predicted octanol–water partition coefficient (Wildman–Crippen LogP) is 1.78. The van der Waals surface area contributed by atoms with E-state index in [1.807, 2.05) is 0 Å². The molecule has 0 aliphatic carbocycles. The van der Waals surface area contributed by atoms with Crippen molar-refractivity contribution in [1.29, 1.82) is 5.26 Å². The van der Waals surface area contributed by atoms with Crippen LogP contribution >= 0.6 is 0 Å². The van der Waals surface area contributed by atoms with Crippen LogP contribution in [0.15, 0.2) is 17.7 Å². The molecular weight excluding hydrogens is 290 g/mol. The monoisotopic (exact) mass is 305 g/mol. The largest absolute Gasteiger partial charge is 0.504 e. The maximum atomic E-state index is 12.1. The number of carbonyl (C=O) groups excluding carboxylic acids is 1. The minimum absolute atomic E-state index is 0.141. The van der Waals surface area contributed by atoms with E-state index in [-0.39, 0.29) is 11.1 Å². The summed E-state index contributed by atoms with van der Waals surface area (Å²) in [5, 5.41) is 39.0. The smallest absolute Gasteiger partial charge is 0.321 e. The Morgan fingerprint density at radius 2 is 2.00 bits per heavy atom. The van der Waals surface area contributed by atoms with Crippen LogP contribution < -0.4 is 0 Å². The van der Waals surface area contributed by atoms with Crippen LogP contribution in [0.4, 0.5) is 5.69 Å². The van der Waals surface area contributed by atoms with Crippen LogP contribution in [-0.2, 0) is 4.79 Å². The van der Waals surface area contributed by atoms with Crippen molar-refractivity contribution in [3.05, 3.63) is 33.4 Å². The zero-order valence-corrected chi connectivity index (χ0v) is 12.1. The molecule has 0 aliphatic rings. The molecule has 1 rings (SSSR count). The molecule has 1 amide bonds. The lowest BCUT2D eigenvalue weighted by molar-refractivity contribution is -0.386. The molecule has 0 heterocycles. The maximum Gasteiger partial charge on any atom is 0.321 e. The molecule has 0 radical (unpaired) electrons. The van der Waals surface area contributed by atoms with Gasteiger partial charge in [0.05, 0.1) is 10.5 Å². The van der Waals surface area contributed by atoms with Gasteiger partial charge in [-0.25, -0.2) is 0 Å². The summed E-state index contributed by atoms with van der Waals surface area (Å²) in [6.07, 6.45) is 1.03. The number of nitro groups is 1. The van der Waals surface area contributed by atoms with E-state index in [2.05, 4.69) is 0 Å². The summed E-state index contributed by atoms with van der Waals surface area (Å²) < 4.78 is 0. The lowest BCUT2D eigenvalue weighted by Crippen LogP contribution is -2.31. The van der Waals surface area contributed by atoms with Gasteiger partial charge in [-0.1, -0.05) is 0 Å². The number of phenolic OH excluding ortho intramolecular Hbond substituents is 2. The van der Waals surface area contributed by atoms with Gasteiger partial charge in [0.25, 0.3) is 5.91 Å². The van der Waals surface area contributed by atoms with Crippen LogP contribution in [0.2, 0.25) is 0 Å². The summed E-state index contributed by atoms with van der Waals surface area (Å²) in [5.41, 5.74) is -1.20. The number of amides is 1. The van der Waals surface area contributed by atoms with Gasteiger partial charge in [-0.3, -0.25) is 14.9 Å². The van der Waals surface area contributed by atoms with E-state index in [4.69, 9.17) is 5.26 Å². The molecule has 8 heteroatoms. The number of phenols is 2. The Balaban J connectivity index is 3.42. The SMILES string of the molecule is CCN(CC)C(=O)C(C#N)=Cc1ccc(O)c(O)c1[N+](=O)[O-]. The van der Waals surface area contributed by atoms with Crippen molar-refractivity contribution in [2.24, 2.45) is 0 Å². The van der Waals surface area contributed by atoms with Gasteiger partial charge in [0.1, 0.15) is 11.6 Å². The first-order valence-electron chi connectivity index (χ1n) is 6.47. The van der Waals surface area contributed by atoms with Crippen molar-refractivity contribution in [3.63, 3.8) is 0 Å². The number of rotatable bonds is 5. The van der Waals surface area contributed by atoms with E-state index in [1.54, 1.807) is 19.9 Å². The average molecular weight is 305 g/mol. The number of likely N-dealkylation sites (N-methyl/N-ethyl adjacent to an activating group) is 1. The summed E-state index contributed by atoms with van der Waals surface area (Å²) in [6, 6.07) is 3.90. The van der Waals surface area contributed by atoms with Gasteiger partial charge < -0.3 is 15.1 Å². The van der Waals surface area contributed by atoms with Gasteiger partial charge in [0.15, 0.2) is 5.75 Å². The fourth-order valence-electron chi connectivity index (χ4n) is 1.87. The fourth-order valence-corrected chi connectivity index (χ4v) is 1.87. The van der Waals surface area contributed by atoms with Crippen molar-refractivity contribution in [1.82, 2.24) is 4.90 Å². The summed E-state index contributed by atoms with van der Waals surface area (Å²) in [4.78, 5) is 23.6. The summed E-state index contributed by atoms with van der Waals surface area (Å²) in [6.45, 7) is 4.25. The van der Waals surface area contributed by atoms with E-state index >= 15 is 0 Å². The van der Waals surface area contributed by atoms with E-state index in [0.29, 0.717) is 13.1 Å². The van der Waals surface area contributed by atoms with Crippen molar-refractivity contribution < 1.29 is 19.9 Å². The minimum atomic E-state index is -0.911. The first kappa shape index (κ1) is 17.0. The Kier molecular flexibility index (Phi) is 5.46. The van der Waals surface area contributed by atoms with Gasteiger partial charge in [0, 0.05) is 13.1 Å². The van der Waals surface area contributed by atoms with Gasteiger partial charge in [0.2, 0.25) is 5.75 Å². The third-order valence-corrected chi connectivity index (χ3v) is 3.05. The van der Waals surface area contributed by atoms with E-state index < -0.39 is 28.0 Å². The number of nitrogens with zero attached hydrogens (tertiary/aromatic N) is 3. The van der Waals surface area contributed by atoms with Gasteiger partial charge in [-0.2, -0.15) is 5.26 Å². The number of hydrogen-bond acceptors (Lipinski definition) is 6. The molecule has 0 saturated heterocycles. The molecular formula is C14H15N3O5. The number of hydrogen-bond donors (Lipinski definition) is 2. The second-order valence-electron chi connectivity index (χ2n) is 4.28. The quantitative estimate of drug-likeness (QED) is 0.280. The molecule has 0 unspecified atom stereocenters. The van der Waals surface area contributed by atoms with E-state index in [0.717, 1.165) is 18.2 Å². The van der Waals surface area contributed by atoms with Crippen LogP contribution in [0.1, 0.15) is 19.4 Å². The highest BCUT2D eigenvalue weighted by Gasteiger charge is 2.24. The molecule has 0 fully saturated rings. The third-order valence-electron chi connectivity index (χ3n) is 3.05. The van der Waals surface area contributed by atoms with Crippen molar-refractivity contribution >= 4 is 17.7 Å². The first-order chi connectivity index (χ1) is 10.4. The molecule has 1 aromatic rings. The molecule has 0 spiro atoms. The van der Waals surface area contributed by atoms with Crippen LogP contribution in [0.25, 0.3) is 6.08 Å². The molecule has 0 saturated carbocycles. The van der Waals surface area contributed by atoms with Crippen LogP contribution in [0, 0.1) is 21.4 Å². The molecule has 0 aromatic heterocycles. The highest BCUT2D eigenvalue weighted by molar-refractivity contribution is 6.02. The summed E-state index contributed by atoms with van der Waals surface area (Å²) in [7, 11) is 0. The van der Waals surface area contributed by atoms with Gasteiger partial charge in [-0.15, -0.1) is 0 Å². The molecule has 0 aliphatic heterocycles. The Bertz CT molecular complexity index is 672. The van der Waals surface area contributed by atoms with Crippen LogP contribution in [-0.4, -0.2) is 39.0 Å². The fraction of sp³-hybridized carbons (Fsp3) is 0.286. The second kappa shape index (κ2) is 7.08. The molecule has 116 valence electrons. The molecule has 1 aromatic carbocycles. The standard InChI is InChI=1S/C14H15N3O5/c1-3-16(4-2)14(20)10(8-15)7-9-5-6-11(18)13(19)12(9)17(21)22/h5-7,18-19H,3-4H2,1-2H3. The van der Waals surface area contributed by atoms with Crippen molar-refractivity contribution in [2.45, 2.75) is 13.8 Å². The normalized spacial score (nSPS) is 10.9. The summed E-state index contributed by atoms with van der Waals surface area (Å²) >= 11 is 0. The molecule has 8 nitrogen and oxygen atoms in total. The number of nitriles is 1. The highest BCUT2D eigenvalue weighted by atomic mass is 16.6. The summed E-state index contributed by atoms with van der Waals surface area (Å²) in [5.74, 6) is -2.13. The number of aromatic hydroxyl groups is 2. The predicted molar refractivity (Wildman–Crippen MR) is 77.9 cm³/mol. The van der Waals surface area contributed by atoms with Crippen molar-refractivity contribution in [3.8, 4) is 17.6 Å². The van der Waals surface area contributed by atoms with Crippen LogP contribution in [0.5, 0.6) is 11.5 Å². The molecule has 0 bridgehead atoms. The van der Waals surface area contributed by atoms with E-state index in [1.165, 1.54) is 4.90 Å². The van der Waals surface area contributed by atoms with Gasteiger partial charge >= 0.3 is 5.69 Å². The Morgan fingerprint density at radius 1 is 1.41 bits per heavy atom. The zero-order valence-electron chi connectivity index (χ0n) is 12.1. The number of carbonyl (C=O) groups is 1. The second-order valence-corrected chi connectivity index (χ2v) is 4.28. The zero-order chi connectivity index (χ0) is 16.9. The minimum Gasteiger partial charge on any atom is -0.504 e. The third kappa shape index (κ3) is 3.32. The number of benzene rings is 1. The van der Waals surface area contributed by atoms with Gasteiger partial charge in [-0.05, 0) is 32.1 Å². The molecule has 2 N–H and O–H groups in total. The Morgan fingerprint density at radius 3 is 2.45 bits per heavy atom. The Labute approximate surface area is 126 Å². The highest BCUT2D eigenvalue weighted by Crippen LogP contribution is 2.38.